The number of hydrogen-bond donors (Lipinski definition) is 2. The second kappa shape index (κ2) is 4.17. The van der Waals surface area contributed by atoms with Gasteiger partial charge in [-0.3, -0.25) is 0 Å². The van der Waals surface area contributed by atoms with E-state index in [4.69, 9.17) is 0 Å². The molecule has 1 heterocycles. The van der Waals surface area contributed by atoms with Gasteiger partial charge in [0.25, 0.3) is 0 Å². The predicted octanol–water partition coefficient (Wildman–Crippen LogP) is 2.43. The van der Waals surface area contributed by atoms with Crippen molar-refractivity contribution in [2.24, 2.45) is 11.8 Å². The number of anilines is 2. The fraction of sp³-hybridized carbons (Fsp3) is 0.692. The summed E-state index contributed by atoms with van der Waals surface area (Å²) in [5, 5.41) is 6.62. The molecule has 3 unspecified atom stereocenters. The fourth-order valence-corrected chi connectivity index (χ4v) is 3.31. The third-order valence-electron chi connectivity index (χ3n) is 4.26. The van der Waals surface area contributed by atoms with Crippen molar-refractivity contribution < 1.29 is 0 Å². The van der Waals surface area contributed by atoms with Gasteiger partial charge in [0.05, 0.1) is 0 Å². The lowest BCUT2D eigenvalue weighted by molar-refractivity contribution is 0.439. The summed E-state index contributed by atoms with van der Waals surface area (Å²) in [7, 11) is 1.85. The quantitative estimate of drug-likeness (QED) is 0.840. The summed E-state index contributed by atoms with van der Waals surface area (Å²) < 4.78 is 0. The molecule has 0 amide bonds. The molecular weight excluding hydrogens is 212 g/mol. The number of rotatable bonds is 3. The van der Waals surface area contributed by atoms with Gasteiger partial charge in [0.2, 0.25) is 5.95 Å². The first-order valence-electron chi connectivity index (χ1n) is 6.54. The van der Waals surface area contributed by atoms with E-state index in [0.29, 0.717) is 12.0 Å². The molecule has 3 atom stereocenters. The Morgan fingerprint density at radius 2 is 2.18 bits per heavy atom. The van der Waals surface area contributed by atoms with Crippen molar-refractivity contribution in [3.05, 3.63) is 11.8 Å². The molecule has 2 N–H and O–H groups in total. The van der Waals surface area contributed by atoms with E-state index in [1.165, 1.54) is 25.7 Å². The van der Waals surface area contributed by atoms with Crippen molar-refractivity contribution in [2.75, 3.05) is 17.7 Å². The highest BCUT2D eigenvalue weighted by atomic mass is 15.1. The molecule has 2 aliphatic carbocycles. The van der Waals surface area contributed by atoms with Crippen LogP contribution in [-0.2, 0) is 0 Å². The van der Waals surface area contributed by atoms with E-state index in [1.807, 2.05) is 13.2 Å². The van der Waals surface area contributed by atoms with E-state index in [-0.39, 0.29) is 0 Å². The van der Waals surface area contributed by atoms with E-state index in [0.717, 1.165) is 23.2 Å². The van der Waals surface area contributed by atoms with Crippen LogP contribution in [-0.4, -0.2) is 23.1 Å². The van der Waals surface area contributed by atoms with Crippen molar-refractivity contribution in [3.8, 4) is 0 Å². The molecule has 92 valence electrons. The number of aromatic nitrogens is 2. The molecule has 2 fully saturated rings. The van der Waals surface area contributed by atoms with Gasteiger partial charge in [0, 0.05) is 24.8 Å². The third-order valence-corrected chi connectivity index (χ3v) is 4.26. The molecule has 0 aromatic carbocycles. The van der Waals surface area contributed by atoms with Crippen LogP contribution in [0, 0.1) is 18.8 Å². The molecule has 2 aliphatic rings. The first-order chi connectivity index (χ1) is 8.26. The Labute approximate surface area is 102 Å². The van der Waals surface area contributed by atoms with E-state index >= 15 is 0 Å². The van der Waals surface area contributed by atoms with Gasteiger partial charge in [-0.25, -0.2) is 4.98 Å². The average Bonchev–Trinajstić information content (AvgIpc) is 2.94. The highest BCUT2D eigenvalue weighted by Crippen LogP contribution is 2.45. The van der Waals surface area contributed by atoms with Gasteiger partial charge in [-0.2, -0.15) is 4.98 Å². The number of hydrogen-bond acceptors (Lipinski definition) is 4. The maximum atomic E-state index is 4.50. The van der Waals surface area contributed by atoms with Crippen LogP contribution in [0.4, 0.5) is 11.8 Å². The highest BCUT2D eigenvalue weighted by Gasteiger charge is 2.39. The van der Waals surface area contributed by atoms with Crippen LogP contribution in [0.2, 0.25) is 0 Å². The van der Waals surface area contributed by atoms with Gasteiger partial charge in [0.1, 0.15) is 5.82 Å². The topological polar surface area (TPSA) is 49.8 Å². The summed E-state index contributed by atoms with van der Waals surface area (Å²) in [6.45, 7) is 2.06. The van der Waals surface area contributed by atoms with Gasteiger partial charge in [-0.15, -0.1) is 0 Å². The minimum absolute atomic E-state index is 0.632. The summed E-state index contributed by atoms with van der Waals surface area (Å²) in [6, 6.07) is 0.632. The van der Waals surface area contributed by atoms with Crippen LogP contribution in [0.25, 0.3) is 0 Å². The van der Waals surface area contributed by atoms with E-state index < -0.39 is 0 Å². The van der Waals surface area contributed by atoms with Crippen LogP contribution < -0.4 is 10.6 Å². The third kappa shape index (κ3) is 1.96. The number of nitrogens with one attached hydrogen (secondary N) is 2. The van der Waals surface area contributed by atoms with Crippen LogP contribution in [0.5, 0.6) is 0 Å². The molecule has 3 rings (SSSR count). The average molecular weight is 232 g/mol. The molecule has 4 nitrogen and oxygen atoms in total. The molecule has 1 aromatic heterocycles. The first kappa shape index (κ1) is 10.8. The second-order valence-corrected chi connectivity index (χ2v) is 5.40. The Morgan fingerprint density at radius 3 is 2.82 bits per heavy atom. The minimum atomic E-state index is 0.632. The number of aryl methyl sites for hydroxylation is 1. The standard InChI is InChI=1S/C13H20N4/c1-8-7-15-13(14-2)17-12(8)16-11-6-9-3-4-10(11)5-9/h7,9-11H,3-6H2,1-2H3,(H2,14,15,16,17). The summed E-state index contributed by atoms with van der Waals surface area (Å²) in [5.41, 5.74) is 1.13. The molecular formula is C13H20N4. The predicted molar refractivity (Wildman–Crippen MR) is 69.2 cm³/mol. The summed E-state index contributed by atoms with van der Waals surface area (Å²) in [6.07, 6.45) is 7.46. The normalized spacial score (nSPS) is 30.6. The summed E-state index contributed by atoms with van der Waals surface area (Å²) in [5.74, 6) is 3.53. The Bertz CT molecular complexity index is 418. The van der Waals surface area contributed by atoms with Gasteiger partial charge in [-0.1, -0.05) is 6.42 Å². The summed E-state index contributed by atoms with van der Waals surface area (Å²) in [4.78, 5) is 8.72. The van der Waals surface area contributed by atoms with E-state index in [2.05, 4.69) is 27.5 Å². The Balaban J connectivity index is 1.76. The van der Waals surface area contributed by atoms with Crippen molar-refractivity contribution in [2.45, 2.75) is 38.6 Å². The highest BCUT2D eigenvalue weighted by molar-refractivity contribution is 5.47. The van der Waals surface area contributed by atoms with Crippen LogP contribution in [0.1, 0.15) is 31.2 Å². The van der Waals surface area contributed by atoms with Gasteiger partial charge < -0.3 is 10.6 Å². The SMILES string of the molecule is CNc1ncc(C)c(NC2CC3CCC2C3)n1. The number of fused-ring (bicyclic) bond motifs is 2. The molecule has 0 radical (unpaired) electrons. The largest absolute Gasteiger partial charge is 0.367 e. The lowest BCUT2D eigenvalue weighted by Gasteiger charge is -2.24. The molecule has 0 saturated heterocycles. The lowest BCUT2D eigenvalue weighted by Crippen LogP contribution is -2.27. The Kier molecular flexibility index (Phi) is 2.65. The molecule has 4 heteroatoms. The lowest BCUT2D eigenvalue weighted by atomic mass is 9.95. The van der Waals surface area contributed by atoms with Crippen molar-refractivity contribution in [3.63, 3.8) is 0 Å². The van der Waals surface area contributed by atoms with Crippen molar-refractivity contribution in [1.29, 1.82) is 0 Å². The van der Waals surface area contributed by atoms with Crippen LogP contribution >= 0.6 is 0 Å². The van der Waals surface area contributed by atoms with Gasteiger partial charge in [-0.05, 0) is 38.0 Å². The van der Waals surface area contributed by atoms with E-state index in [1.54, 1.807) is 0 Å². The van der Waals surface area contributed by atoms with Crippen molar-refractivity contribution in [1.82, 2.24) is 9.97 Å². The Morgan fingerprint density at radius 1 is 1.29 bits per heavy atom. The van der Waals surface area contributed by atoms with Gasteiger partial charge in [0.15, 0.2) is 0 Å². The van der Waals surface area contributed by atoms with Crippen LogP contribution in [0.15, 0.2) is 6.20 Å². The van der Waals surface area contributed by atoms with Gasteiger partial charge >= 0.3 is 0 Å². The minimum Gasteiger partial charge on any atom is -0.367 e. The number of nitrogens with zero attached hydrogens (tertiary/aromatic N) is 2. The molecule has 1 aromatic rings. The summed E-state index contributed by atoms with van der Waals surface area (Å²) >= 11 is 0. The maximum Gasteiger partial charge on any atom is 0.224 e. The second-order valence-electron chi connectivity index (χ2n) is 5.40. The fourth-order valence-electron chi connectivity index (χ4n) is 3.31. The Hall–Kier alpha value is -1.32. The zero-order valence-electron chi connectivity index (χ0n) is 10.5. The van der Waals surface area contributed by atoms with E-state index in [9.17, 15) is 0 Å². The molecule has 2 bridgehead atoms. The smallest absolute Gasteiger partial charge is 0.224 e. The molecule has 2 saturated carbocycles. The first-order valence-corrected chi connectivity index (χ1v) is 6.54. The maximum absolute atomic E-state index is 4.50. The molecule has 17 heavy (non-hydrogen) atoms. The zero-order chi connectivity index (χ0) is 11.8. The van der Waals surface area contributed by atoms with Crippen LogP contribution in [0.3, 0.4) is 0 Å². The van der Waals surface area contributed by atoms with Crippen molar-refractivity contribution >= 4 is 11.8 Å². The molecule has 0 aliphatic heterocycles. The zero-order valence-corrected chi connectivity index (χ0v) is 10.5. The monoisotopic (exact) mass is 232 g/mol. The molecule has 0 spiro atoms.